The number of nitrogens with zero attached hydrogens (tertiary/aromatic N) is 1. The number of hydrogen-bond donors (Lipinski definition) is 0. The first kappa shape index (κ1) is 10.4. The zero-order valence-electron chi connectivity index (χ0n) is 7.59. The Morgan fingerprint density at radius 3 is 1.82 bits per heavy atom. The van der Waals surface area contributed by atoms with Crippen LogP contribution < -0.4 is 0 Å². The first-order valence-electron chi connectivity index (χ1n) is 3.90. The van der Waals surface area contributed by atoms with Crippen LogP contribution in [0.5, 0.6) is 0 Å². The minimum absolute atomic E-state index is 0.245. The Morgan fingerprint density at radius 2 is 1.73 bits per heavy atom. The third-order valence-electron chi connectivity index (χ3n) is 1.62. The van der Waals surface area contributed by atoms with Crippen LogP contribution in [0.3, 0.4) is 0 Å². The fraction of sp³-hybridized carbons (Fsp3) is 0.875. The molecule has 0 bridgehead atoms. The van der Waals surface area contributed by atoms with Crippen molar-refractivity contribution in [3.05, 3.63) is 0 Å². The molecule has 0 aliphatic carbocycles. The monoisotopic (exact) mass is 159 g/mol. The molecule has 1 aliphatic rings. The molecule has 0 amide bonds. The zero-order chi connectivity index (χ0) is 8.69. The highest BCUT2D eigenvalue weighted by molar-refractivity contribution is 5.65. The molecule has 0 unspecified atom stereocenters. The van der Waals surface area contributed by atoms with E-state index in [4.69, 9.17) is 0 Å². The molecule has 0 aromatic carbocycles. The Labute approximate surface area is 68.3 Å². The van der Waals surface area contributed by atoms with Crippen molar-refractivity contribution in [3.63, 3.8) is 0 Å². The van der Waals surface area contributed by atoms with Crippen molar-refractivity contribution >= 4 is 5.97 Å². The van der Waals surface area contributed by atoms with E-state index in [-0.39, 0.29) is 5.97 Å². The number of carbonyl (C=O) groups is 1. The van der Waals surface area contributed by atoms with Crippen molar-refractivity contribution < 1.29 is 9.53 Å². The molecule has 1 heterocycles. The van der Waals surface area contributed by atoms with Gasteiger partial charge in [-0.3, -0.25) is 4.79 Å². The van der Waals surface area contributed by atoms with Crippen LogP contribution in [0, 0.1) is 0 Å². The molecule has 1 rings (SSSR count). The van der Waals surface area contributed by atoms with Gasteiger partial charge in [0.25, 0.3) is 0 Å². The van der Waals surface area contributed by atoms with Crippen LogP contribution in [0.2, 0.25) is 0 Å². The highest BCUT2D eigenvalue weighted by Gasteiger charge is 2.03. The molecule has 66 valence electrons. The lowest BCUT2D eigenvalue weighted by atomic mass is 10.4. The number of rotatable bonds is 0. The molecule has 1 aliphatic heterocycles. The van der Waals surface area contributed by atoms with Crippen molar-refractivity contribution in [1.82, 2.24) is 4.90 Å². The fourth-order valence-corrected chi connectivity index (χ4v) is 0.875. The predicted molar refractivity (Wildman–Crippen MR) is 44.4 cm³/mol. The van der Waals surface area contributed by atoms with Gasteiger partial charge in [-0.2, -0.15) is 0 Å². The number of likely N-dealkylation sites (tertiary alicyclic amines) is 1. The van der Waals surface area contributed by atoms with Crippen LogP contribution in [-0.2, 0) is 9.53 Å². The van der Waals surface area contributed by atoms with E-state index >= 15 is 0 Å². The summed E-state index contributed by atoms with van der Waals surface area (Å²) in [5, 5.41) is 0. The van der Waals surface area contributed by atoms with Gasteiger partial charge in [-0.15, -0.1) is 0 Å². The predicted octanol–water partition coefficient (Wildman–Crippen LogP) is 0.891. The van der Waals surface area contributed by atoms with Crippen molar-refractivity contribution in [3.8, 4) is 0 Å². The molecule has 0 atom stereocenters. The summed E-state index contributed by atoms with van der Waals surface area (Å²) in [6.45, 7) is 4.00. The van der Waals surface area contributed by atoms with Crippen LogP contribution in [0.25, 0.3) is 0 Å². The van der Waals surface area contributed by atoms with E-state index in [0.717, 1.165) is 0 Å². The number of hydrogen-bond acceptors (Lipinski definition) is 3. The lowest BCUT2D eigenvalue weighted by Crippen LogP contribution is -2.10. The highest BCUT2D eigenvalue weighted by Crippen LogP contribution is 2.01. The van der Waals surface area contributed by atoms with Crippen LogP contribution >= 0.6 is 0 Å². The van der Waals surface area contributed by atoms with E-state index in [0.29, 0.717) is 0 Å². The molecule has 0 aromatic rings. The highest BCUT2D eigenvalue weighted by atomic mass is 16.5. The van der Waals surface area contributed by atoms with E-state index < -0.39 is 0 Å². The Bertz CT molecular complexity index is 109. The molecule has 0 aromatic heterocycles. The SMILES string of the molecule is CN1CCCC1.COC(C)=O. The molecule has 3 nitrogen and oxygen atoms in total. The summed E-state index contributed by atoms with van der Waals surface area (Å²) >= 11 is 0. The third kappa shape index (κ3) is 7.33. The van der Waals surface area contributed by atoms with Gasteiger partial charge in [0.05, 0.1) is 7.11 Å². The van der Waals surface area contributed by atoms with Gasteiger partial charge in [-0.25, -0.2) is 0 Å². The fourth-order valence-electron chi connectivity index (χ4n) is 0.875. The number of esters is 1. The Morgan fingerprint density at radius 1 is 1.36 bits per heavy atom. The van der Waals surface area contributed by atoms with Gasteiger partial charge < -0.3 is 9.64 Å². The maximum Gasteiger partial charge on any atom is 0.302 e. The van der Waals surface area contributed by atoms with Gasteiger partial charge in [-0.05, 0) is 33.0 Å². The molecule has 11 heavy (non-hydrogen) atoms. The molecule has 1 fully saturated rings. The van der Waals surface area contributed by atoms with Crippen LogP contribution in [0.4, 0.5) is 0 Å². The Hall–Kier alpha value is -0.570. The van der Waals surface area contributed by atoms with Gasteiger partial charge >= 0.3 is 5.97 Å². The first-order valence-corrected chi connectivity index (χ1v) is 3.90. The minimum atomic E-state index is -0.245. The average molecular weight is 159 g/mol. The number of ether oxygens (including phenoxy) is 1. The van der Waals surface area contributed by atoms with Crippen molar-refractivity contribution in [2.45, 2.75) is 19.8 Å². The normalized spacial score (nSPS) is 17.0. The summed E-state index contributed by atoms with van der Waals surface area (Å²) < 4.78 is 4.11. The molecule has 0 spiro atoms. The van der Waals surface area contributed by atoms with Crippen LogP contribution in [-0.4, -0.2) is 38.1 Å². The number of carbonyl (C=O) groups excluding carboxylic acids is 1. The van der Waals surface area contributed by atoms with E-state index in [1.807, 2.05) is 0 Å². The second-order valence-electron chi connectivity index (χ2n) is 2.71. The van der Waals surface area contributed by atoms with Crippen molar-refractivity contribution in [2.24, 2.45) is 0 Å². The maximum atomic E-state index is 9.59. The van der Waals surface area contributed by atoms with Gasteiger partial charge in [-0.1, -0.05) is 0 Å². The Kier molecular flexibility index (Phi) is 5.84. The van der Waals surface area contributed by atoms with E-state index in [2.05, 4.69) is 16.7 Å². The topological polar surface area (TPSA) is 29.5 Å². The molecular weight excluding hydrogens is 142 g/mol. The molecule has 3 heteroatoms. The lowest BCUT2D eigenvalue weighted by Gasteiger charge is -2.01. The Balaban J connectivity index is 0.000000187. The van der Waals surface area contributed by atoms with E-state index in [1.165, 1.54) is 40.0 Å². The molecule has 0 radical (unpaired) electrons. The van der Waals surface area contributed by atoms with Gasteiger partial charge in [0.1, 0.15) is 0 Å². The van der Waals surface area contributed by atoms with Gasteiger partial charge in [0, 0.05) is 6.92 Å². The smallest absolute Gasteiger partial charge is 0.302 e. The standard InChI is InChI=1S/C5H11N.C3H6O2/c1-6-4-2-3-5-6;1-3(4)5-2/h2-5H2,1H3;1-2H3. The third-order valence-corrected chi connectivity index (χ3v) is 1.62. The summed E-state index contributed by atoms with van der Waals surface area (Å²) in [7, 11) is 3.52. The summed E-state index contributed by atoms with van der Waals surface area (Å²) in [4.78, 5) is 12.0. The maximum absolute atomic E-state index is 9.59. The average Bonchev–Trinajstić information content (AvgIpc) is 2.41. The second-order valence-corrected chi connectivity index (χ2v) is 2.71. The molecule has 0 saturated carbocycles. The van der Waals surface area contributed by atoms with Crippen molar-refractivity contribution in [1.29, 1.82) is 0 Å². The van der Waals surface area contributed by atoms with E-state index in [9.17, 15) is 4.79 Å². The van der Waals surface area contributed by atoms with Gasteiger partial charge in [0.2, 0.25) is 0 Å². The largest absolute Gasteiger partial charge is 0.469 e. The summed E-state index contributed by atoms with van der Waals surface area (Å²) in [5.74, 6) is -0.245. The second kappa shape index (κ2) is 6.16. The minimum Gasteiger partial charge on any atom is -0.469 e. The number of methoxy groups -OCH3 is 1. The summed E-state index contributed by atoms with van der Waals surface area (Å²) in [5.41, 5.74) is 0. The van der Waals surface area contributed by atoms with E-state index in [1.54, 1.807) is 0 Å². The lowest BCUT2D eigenvalue weighted by molar-refractivity contribution is -0.137. The molecule has 1 saturated heterocycles. The molecular formula is C8H17NO2. The first-order chi connectivity index (χ1) is 5.16. The quantitative estimate of drug-likeness (QED) is 0.492. The zero-order valence-corrected chi connectivity index (χ0v) is 7.59. The molecule has 0 N–H and O–H groups in total. The summed E-state index contributed by atoms with van der Waals surface area (Å²) in [6.07, 6.45) is 2.83. The van der Waals surface area contributed by atoms with Crippen LogP contribution in [0.1, 0.15) is 19.8 Å². The van der Waals surface area contributed by atoms with Crippen molar-refractivity contribution in [2.75, 3.05) is 27.2 Å². The summed E-state index contributed by atoms with van der Waals surface area (Å²) in [6, 6.07) is 0. The van der Waals surface area contributed by atoms with Gasteiger partial charge in [0.15, 0.2) is 0 Å². The van der Waals surface area contributed by atoms with Crippen LogP contribution in [0.15, 0.2) is 0 Å².